The molecule has 0 unspecified atom stereocenters. The number of rotatable bonds is 2. The number of hydrogen-bond donors (Lipinski definition) is 2. The van der Waals surface area contributed by atoms with E-state index in [0.717, 1.165) is 16.8 Å². The van der Waals surface area contributed by atoms with Gasteiger partial charge in [-0.25, -0.2) is 0 Å². The third kappa shape index (κ3) is 1.96. The van der Waals surface area contributed by atoms with Gasteiger partial charge in [0, 0.05) is 11.3 Å². The number of aromatic hydroxyl groups is 1. The molecule has 0 saturated heterocycles. The average molecular weight is 229 g/mol. The van der Waals surface area contributed by atoms with E-state index in [1.807, 2.05) is 44.2 Å². The van der Waals surface area contributed by atoms with Crippen LogP contribution in [-0.2, 0) is 6.42 Å². The van der Waals surface area contributed by atoms with Crippen molar-refractivity contribution in [3.8, 4) is 16.9 Å². The maximum atomic E-state index is 12.0. The summed E-state index contributed by atoms with van der Waals surface area (Å²) in [5.41, 5.74) is 2.37. The van der Waals surface area contributed by atoms with Gasteiger partial charge in [0.05, 0.1) is 5.56 Å². The van der Waals surface area contributed by atoms with Crippen LogP contribution in [0.15, 0.2) is 35.1 Å². The summed E-state index contributed by atoms with van der Waals surface area (Å²) in [6, 6.07) is 9.20. The molecule has 0 saturated carbocycles. The molecule has 0 aliphatic carbocycles. The Kier molecular flexibility index (Phi) is 3.00. The van der Waals surface area contributed by atoms with Crippen LogP contribution in [0, 0.1) is 6.92 Å². The SMILES string of the molecule is CCc1[nH]c(=O)c(-c2ccccc2)c(O)c1C. The normalized spacial score (nSPS) is 10.5. The van der Waals surface area contributed by atoms with Gasteiger partial charge in [-0.3, -0.25) is 4.79 Å². The van der Waals surface area contributed by atoms with Gasteiger partial charge < -0.3 is 10.1 Å². The molecular weight excluding hydrogens is 214 g/mol. The van der Waals surface area contributed by atoms with Crippen molar-refractivity contribution in [2.45, 2.75) is 20.3 Å². The number of pyridine rings is 1. The highest BCUT2D eigenvalue weighted by Gasteiger charge is 2.14. The van der Waals surface area contributed by atoms with Crippen molar-refractivity contribution >= 4 is 0 Å². The lowest BCUT2D eigenvalue weighted by molar-refractivity contribution is 0.470. The summed E-state index contributed by atoms with van der Waals surface area (Å²) >= 11 is 0. The van der Waals surface area contributed by atoms with Gasteiger partial charge in [-0.1, -0.05) is 37.3 Å². The van der Waals surface area contributed by atoms with E-state index in [-0.39, 0.29) is 11.3 Å². The minimum Gasteiger partial charge on any atom is -0.507 e. The lowest BCUT2D eigenvalue weighted by Gasteiger charge is -2.10. The highest BCUT2D eigenvalue weighted by molar-refractivity contribution is 5.70. The Bertz CT molecular complexity index is 585. The molecule has 0 aliphatic rings. The highest BCUT2D eigenvalue weighted by atomic mass is 16.3. The number of aromatic nitrogens is 1. The van der Waals surface area contributed by atoms with E-state index < -0.39 is 0 Å². The van der Waals surface area contributed by atoms with Gasteiger partial charge in [0.25, 0.3) is 5.56 Å². The minimum atomic E-state index is -0.240. The first kappa shape index (κ1) is 11.5. The Morgan fingerprint density at radius 3 is 2.47 bits per heavy atom. The lowest BCUT2D eigenvalue weighted by Crippen LogP contribution is -2.13. The highest BCUT2D eigenvalue weighted by Crippen LogP contribution is 2.29. The molecule has 0 radical (unpaired) electrons. The summed E-state index contributed by atoms with van der Waals surface area (Å²) < 4.78 is 0. The van der Waals surface area contributed by atoms with E-state index in [0.29, 0.717) is 12.0 Å². The quantitative estimate of drug-likeness (QED) is 0.831. The first-order chi connectivity index (χ1) is 8.15. The average Bonchev–Trinajstić information content (AvgIpc) is 2.35. The van der Waals surface area contributed by atoms with Crippen molar-refractivity contribution in [2.75, 3.05) is 0 Å². The monoisotopic (exact) mass is 229 g/mol. The molecule has 0 aliphatic heterocycles. The summed E-state index contributed by atoms with van der Waals surface area (Å²) in [6.07, 6.45) is 0.698. The molecule has 2 aromatic rings. The standard InChI is InChI=1S/C14H15NO2/c1-3-11-9(2)13(16)12(14(17)15-11)10-7-5-4-6-8-10/h4-8H,3H2,1-2H3,(H2,15,16,17). The van der Waals surface area contributed by atoms with Crippen molar-refractivity contribution < 1.29 is 5.11 Å². The fourth-order valence-electron chi connectivity index (χ4n) is 1.96. The number of H-pyrrole nitrogens is 1. The summed E-state index contributed by atoms with van der Waals surface area (Å²) in [6.45, 7) is 3.76. The predicted molar refractivity (Wildman–Crippen MR) is 68.3 cm³/mol. The molecule has 2 rings (SSSR count). The number of aryl methyl sites for hydroxylation is 1. The van der Waals surface area contributed by atoms with Crippen molar-refractivity contribution in [1.29, 1.82) is 0 Å². The Hall–Kier alpha value is -2.03. The van der Waals surface area contributed by atoms with E-state index in [1.165, 1.54) is 0 Å². The molecule has 3 heteroatoms. The van der Waals surface area contributed by atoms with Gasteiger partial charge in [-0.05, 0) is 18.9 Å². The van der Waals surface area contributed by atoms with E-state index in [4.69, 9.17) is 0 Å². The zero-order valence-electron chi connectivity index (χ0n) is 9.95. The second-order valence-electron chi connectivity index (χ2n) is 4.00. The van der Waals surface area contributed by atoms with Gasteiger partial charge in [-0.2, -0.15) is 0 Å². The molecule has 0 spiro atoms. The van der Waals surface area contributed by atoms with Crippen molar-refractivity contribution in [3.05, 3.63) is 51.9 Å². The number of benzene rings is 1. The van der Waals surface area contributed by atoms with Crippen LogP contribution in [0.5, 0.6) is 5.75 Å². The van der Waals surface area contributed by atoms with Crippen molar-refractivity contribution in [2.24, 2.45) is 0 Å². The molecule has 0 atom stereocenters. The summed E-state index contributed by atoms with van der Waals surface area (Å²) in [7, 11) is 0. The summed E-state index contributed by atoms with van der Waals surface area (Å²) in [5, 5.41) is 10.1. The zero-order chi connectivity index (χ0) is 12.4. The molecule has 88 valence electrons. The summed E-state index contributed by atoms with van der Waals surface area (Å²) in [5.74, 6) is 0.0804. The fourth-order valence-corrected chi connectivity index (χ4v) is 1.96. The molecule has 1 heterocycles. The molecule has 17 heavy (non-hydrogen) atoms. The van der Waals surface area contributed by atoms with Crippen LogP contribution in [0.3, 0.4) is 0 Å². The molecule has 2 N–H and O–H groups in total. The Morgan fingerprint density at radius 1 is 1.24 bits per heavy atom. The minimum absolute atomic E-state index is 0.0804. The van der Waals surface area contributed by atoms with E-state index >= 15 is 0 Å². The topological polar surface area (TPSA) is 53.1 Å². The zero-order valence-corrected chi connectivity index (χ0v) is 9.95. The van der Waals surface area contributed by atoms with Crippen LogP contribution in [0.1, 0.15) is 18.2 Å². The largest absolute Gasteiger partial charge is 0.507 e. The second-order valence-corrected chi connectivity index (χ2v) is 4.00. The smallest absolute Gasteiger partial charge is 0.259 e. The van der Waals surface area contributed by atoms with Crippen LogP contribution in [0.4, 0.5) is 0 Å². The van der Waals surface area contributed by atoms with Gasteiger partial charge in [0.1, 0.15) is 5.75 Å². The molecular formula is C14H15NO2. The summed E-state index contributed by atoms with van der Waals surface area (Å²) in [4.78, 5) is 14.8. The van der Waals surface area contributed by atoms with Gasteiger partial charge in [0.15, 0.2) is 0 Å². The predicted octanol–water partition coefficient (Wildman–Crippen LogP) is 2.62. The van der Waals surface area contributed by atoms with Gasteiger partial charge in [-0.15, -0.1) is 0 Å². The van der Waals surface area contributed by atoms with Crippen molar-refractivity contribution in [1.82, 2.24) is 4.98 Å². The van der Waals surface area contributed by atoms with Crippen LogP contribution < -0.4 is 5.56 Å². The first-order valence-corrected chi connectivity index (χ1v) is 5.65. The van der Waals surface area contributed by atoms with Crippen LogP contribution in [0.2, 0.25) is 0 Å². The van der Waals surface area contributed by atoms with Gasteiger partial charge in [0.2, 0.25) is 0 Å². The number of nitrogens with one attached hydrogen (secondary N) is 1. The lowest BCUT2D eigenvalue weighted by atomic mass is 10.0. The van der Waals surface area contributed by atoms with E-state index in [9.17, 15) is 9.90 Å². The van der Waals surface area contributed by atoms with E-state index in [2.05, 4.69) is 4.98 Å². The molecule has 0 fully saturated rings. The van der Waals surface area contributed by atoms with Gasteiger partial charge >= 0.3 is 0 Å². The third-order valence-electron chi connectivity index (χ3n) is 2.95. The second kappa shape index (κ2) is 4.45. The Labute approximate surface area is 99.8 Å². The number of hydrogen-bond acceptors (Lipinski definition) is 2. The van der Waals surface area contributed by atoms with E-state index in [1.54, 1.807) is 0 Å². The molecule has 3 nitrogen and oxygen atoms in total. The first-order valence-electron chi connectivity index (χ1n) is 5.65. The van der Waals surface area contributed by atoms with Crippen LogP contribution in [-0.4, -0.2) is 10.1 Å². The van der Waals surface area contributed by atoms with Crippen molar-refractivity contribution in [3.63, 3.8) is 0 Å². The maximum Gasteiger partial charge on any atom is 0.259 e. The maximum absolute atomic E-state index is 12.0. The third-order valence-corrected chi connectivity index (χ3v) is 2.95. The molecule has 0 bridgehead atoms. The molecule has 1 aromatic carbocycles. The Balaban J connectivity index is 2.72. The number of aromatic amines is 1. The Morgan fingerprint density at radius 2 is 1.88 bits per heavy atom. The van der Waals surface area contributed by atoms with Crippen LogP contribution in [0.25, 0.3) is 11.1 Å². The van der Waals surface area contributed by atoms with Crippen LogP contribution >= 0.6 is 0 Å². The molecule has 1 aromatic heterocycles. The fraction of sp³-hybridized carbons (Fsp3) is 0.214. The molecule has 0 amide bonds.